The van der Waals surface area contributed by atoms with Crippen LogP contribution in [-0.4, -0.2) is 72.6 Å². The molecule has 31 heavy (non-hydrogen) atoms. The molecule has 2 amide bonds. The molecule has 5 nitrogen and oxygen atoms in total. The molecule has 2 aliphatic heterocycles. The molecule has 1 aromatic rings. The predicted molar refractivity (Wildman–Crippen MR) is 128 cm³/mol. The normalized spacial score (nSPS) is 32.0. The Morgan fingerprint density at radius 2 is 1.65 bits per heavy atom. The maximum Gasteiger partial charge on any atom is 0.320 e. The van der Waals surface area contributed by atoms with Crippen LogP contribution in [0.25, 0.3) is 0 Å². The first-order chi connectivity index (χ1) is 14.5. The molecule has 1 aromatic carbocycles. The second kappa shape index (κ2) is 8.92. The van der Waals surface area contributed by atoms with Crippen LogP contribution in [-0.2, 0) is 5.54 Å². The minimum atomic E-state index is 0. The van der Waals surface area contributed by atoms with Gasteiger partial charge in [-0.05, 0) is 90.0 Å². The van der Waals surface area contributed by atoms with E-state index in [0.717, 1.165) is 70.6 Å². The standard InChI is InChI=1S/C25H38N4O.ClH/c1-27(2)25(21-6-4-3-5-7-21)14-12-24(13-15-25)19-28(22-10-16-26-17-11-22)23(30)29(24)18-20-8-9-20;/h3-7,20,22,26H,8-19H2,1-2H3;1H. The maximum absolute atomic E-state index is 13.6. The summed E-state index contributed by atoms with van der Waals surface area (Å²) in [7, 11) is 4.46. The predicted octanol–water partition coefficient (Wildman–Crippen LogP) is 4.08. The van der Waals surface area contributed by atoms with Gasteiger partial charge < -0.3 is 15.1 Å². The summed E-state index contributed by atoms with van der Waals surface area (Å²) >= 11 is 0. The first-order valence-electron chi connectivity index (χ1n) is 12.1. The van der Waals surface area contributed by atoms with Gasteiger partial charge in [-0.1, -0.05) is 30.3 Å². The van der Waals surface area contributed by atoms with Crippen LogP contribution in [0.15, 0.2) is 30.3 Å². The molecule has 0 atom stereocenters. The molecule has 2 heterocycles. The van der Waals surface area contributed by atoms with E-state index in [4.69, 9.17) is 0 Å². The van der Waals surface area contributed by atoms with E-state index in [9.17, 15) is 4.79 Å². The van der Waals surface area contributed by atoms with E-state index in [1.807, 2.05) is 0 Å². The molecule has 0 radical (unpaired) electrons. The number of benzene rings is 1. The second-order valence-corrected chi connectivity index (χ2v) is 10.5. The number of urea groups is 1. The highest BCUT2D eigenvalue weighted by Crippen LogP contribution is 2.50. The zero-order chi connectivity index (χ0) is 20.8. The fraction of sp³-hybridized carbons (Fsp3) is 0.720. The Hall–Kier alpha value is -1.30. The van der Waals surface area contributed by atoms with Crippen molar-refractivity contribution in [2.75, 3.05) is 40.3 Å². The van der Waals surface area contributed by atoms with Gasteiger partial charge in [0, 0.05) is 24.7 Å². The number of piperidine rings is 1. The molecule has 172 valence electrons. The Kier molecular flexibility index (Phi) is 6.58. The molecule has 0 aromatic heterocycles. The smallest absolute Gasteiger partial charge is 0.319 e. The van der Waals surface area contributed by atoms with E-state index in [-0.39, 0.29) is 23.5 Å². The van der Waals surface area contributed by atoms with Gasteiger partial charge in [0.2, 0.25) is 0 Å². The van der Waals surface area contributed by atoms with Crippen molar-refractivity contribution >= 4 is 18.4 Å². The van der Waals surface area contributed by atoms with Crippen LogP contribution in [0.2, 0.25) is 0 Å². The van der Waals surface area contributed by atoms with Gasteiger partial charge in [0.1, 0.15) is 0 Å². The molecule has 2 saturated heterocycles. The summed E-state index contributed by atoms with van der Waals surface area (Å²) in [6.07, 6.45) is 9.28. The highest BCUT2D eigenvalue weighted by Gasteiger charge is 2.56. The van der Waals surface area contributed by atoms with Crippen molar-refractivity contribution in [2.45, 2.75) is 68.5 Å². The number of nitrogens with zero attached hydrogens (tertiary/aromatic N) is 3. The Morgan fingerprint density at radius 1 is 1.00 bits per heavy atom. The van der Waals surface area contributed by atoms with Crippen molar-refractivity contribution in [1.82, 2.24) is 20.0 Å². The summed E-state index contributed by atoms with van der Waals surface area (Å²) in [4.78, 5) is 20.7. The summed E-state index contributed by atoms with van der Waals surface area (Å²) < 4.78 is 0. The van der Waals surface area contributed by atoms with Gasteiger partial charge >= 0.3 is 6.03 Å². The zero-order valence-electron chi connectivity index (χ0n) is 19.2. The molecule has 2 saturated carbocycles. The number of carbonyl (C=O) groups excluding carboxylic acids is 1. The number of nitrogens with one attached hydrogen (secondary N) is 1. The summed E-state index contributed by atoms with van der Waals surface area (Å²) in [5.74, 6) is 0.744. The van der Waals surface area contributed by atoms with E-state index in [2.05, 4.69) is 64.4 Å². The van der Waals surface area contributed by atoms with Crippen LogP contribution in [0, 0.1) is 5.92 Å². The molecule has 1 spiro atoms. The fourth-order valence-corrected chi connectivity index (χ4v) is 6.36. The number of hydrogen-bond donors (Lipinski definition) is 1. The summed E-state index contributed by atoms with van der Waals surface area (Å²) in [5, 5.41) is 3.46. The van der Waals surface area contributed by atoms with Crippen molar-refractivity contribution < 1.29 is 4.79 Å². The third-order valence-corrected chi connectivity index (χ3v) is 8.58. The Bertz CT molecular complexity index is 752. The molecule has 2 aliphatic carbocycles. The van der Waals surface area contributed by atoms with Crippen LogP contribution < -0.4 is 5.32 Å². The van der Waals surface area contributed by atoms with E-state index >= 15 is 0 Å². The van der Waals surface area contributed by atoms with Crippen molar-refractivity contribution in [3.63, 3.8) is 0 Å². The average Bonchev–Trinajstić information content (AvgIpc) is 3.57. The zero-order valence-corrected chi connectivity index (χ0v) is 20.0. The van der Waals surface area contributed by atoms with Gasteiger partial charge in [-0.25, -0.2) is 4.79 Å². The lowest BCUT2D eigenvalue weighted by molar-refractivity contribution is 0.0225. The quantitative estimate of drug-likeness (QED) is 0.740. The van der Waals surface area contributed by atoms with E-state index in [0.29, 0.717) is 12.1 Å². The van der Waals surface area contributed by atoms with E-state index in [1.54, 1.807) is 0 Å². The lowest BCUT2D eigenvalue weighted by Crippen LogP contribution is -2.55. The first kappa shape index (κ1) is 22.9. The highest BCUT2D eigenvalue weighted by molar-refractivity contribution is 5.85. The van der Waals surface area contributed by atoms with Crippen LogP contribution in [0.4, 0.5) is 4.79 Å². The van der Waals surface area contributed by atoms with Gasteiger partial charge in [-0.2, -0.15) is 0 Å². The monoisotopic (exact) mass is 446 g/mol. The molecular weight excluding hydrogens is 408 g/mol. The van der Waals surface area contributed by atoms with Crippen LogP contribution in [0.1, 0.15) is 56.9 Å². The van der Waals surface area contributed by atoms with Gasteiger partial charge in [-0.3, -0.25) is 4.90 Å². The molecular formula is C25H39ClN4O. The summed E-state index contributed by atoms with van der Waals surface area (Å²) in [6.45, 7) is 4.02. The maximum atomic E-state index is 13.6. The first-order valence-corrected chi connectivity index (χ1v) is 12.1. The van der Waals surface area contributed by atoms with E-state index < -0.39 is 0 Å². The lowest BCUT2D eigenvalue weighted by atomic mass is 9.68. The molecule has 5 rings (SSSR count). The molecule has 4 fully saturated rings. The second-order valence-electron chi connectivity index (χ2n) is 10.5. The highest BCUT2D eigenvalue weighted by atomic mass is 35.5. The number of halogens is 1. The lowest BCUT2D eigenvalue weighted by Gasteiger charge is -2.51. The Morgan fingerprint density at radius 3 is 2.23 bits per heavy atom. The van der Waals surface area contributed by atoms with Gasteiger partial charge in [0.25, 0.3) is 0 Å². The number of carbonyl (C=O) groups is 1. The van der Waals surface area contributed by atoms with Crippen molar-refractivity contribution in [2.24, 2.45) is 5.92 Å². The molecule has 1 N–H and O–H groups in total. The van der Waals surface area contributed by atoms with Gasteiger partial charge in [0.15, 0.2) is 0 Å². The SMILES string of the molecule is CN(C)C1(c2ccccc2)CCC2(CC1)CN(C1CCNCC1)C(=O)N2CC1CC1.Cl. The van der Waals surface area contributed by atoms with Crippen LogP contribution in [0.5, 0.6) is 0 Å². The molecule has 0 bridgehead atoms. The third kappa shape index (κ3) is 4.09. The summed E-state index contributed by atoms with van der Waals surface area (Å²) in [5.41, 5.74) is 1.56. The average molecular weight is 447 g/mol. The minimum Gasteiger partial charge on any atom is -0.319 e. The molecule has 0 unspecified atom stereocenters. The fourth-order valence-electron chi connectivity index (χ4n) is 6.36. The van der Waals surface area contributed by atoms with Crippen molar-refractivity contribution in [3.8, 4) is 0 Å². The van der Waals surface area contributed by atoms with Crippen molar-refractivity contribution in [1.29, 1.82) is 0 Å². The molecule has 4 aliphatic rings. The minimum absolute atomic E-state index is 0. The summed E-state index contributed by atoms with van der Waals surface area (Å²) in [6, 6.07) is 11.8. The van der Waals surface area contributed by atoms with Crippen LogP contribution in [0.3, 0.4) is 0 Å². The number of hydrogen-bond acceptors (Lipinski definition) is 3. The van der Waals surface area contributed by atoms with Gasteiger partial charge in [-0.15, -0.1) is 12.4 Å². The Labute approximate surface area is 193 Å². The molecule has 6 heteroatoms. The van der Waals surface area contributed by atoms with Gasteiger partial charge in [0.05, 0.1) is 5.54 Å². The number of amides is 2. The number of rotatable bonds is 5. The van der Waals surface area contributed by atoms with Crippen LogP contribution >= 0.6 is 12.4 Å². The van der Waals surface area contributed by atoms with Crippen molar-refractivity contribution in [3.05, 3.63) is 35.9 Å². The third-order valence-electron chi connectivity index (χ3n) is 8.58. The van der Waals surface area contributed by atoms with E-state index in [1.165, 1.54) is 18.4 Å². The topological polar surface area (TPSA) is 38.8 Å². The Balaban J connectivity index is 0.00000231. The largest absolute Gasteiger partial charge is 0.320 e.